The lowest BCUT2D eigenvalue weighted by Gasteiger charge is -2.34. The number of benzene rings is 1. The zero-order valence-corrected chi connectivity index (χ0v) is 10.5. The molecule has 1 N–H and O–H groups in total. The highest BCUT2D eigenvalue weighted by molar-refractivity contribution is 5.84. The number of hydrogen-bond acceptors (Lipinski definition) is 2. The van der Waals surface area contributed by atoms with E-state index < -0.39 is 12.0 Å². The molecule has 98 valence electrons. The van der Waals surface area contributed by atoms with Gasteiger partial charge in [0, 0.05) is 25.8 Å². The average Bonchev–Trinajstić information content (AvgIpc) is 2.43. The molecule has 4 heteroatoms. The summed E-state index contributed by atoms with van der Waals surface area (Å²) in [4.78, 5) is 24.8. The number of fused-ring (bicyclic) bond motifs is 1. The quantitative estimate of drug-likeness (QED) is 0.833. The first-order valence-corrected chi connectivity index (χ1v) is 6.16. The molecule has 1 aliphatic heterocycles. The van der Waals surface area contributed by atoms with Crippen LogP contribution in [-0.4, -0.2) is 27.9 Å². The van der Waals surface area contributed by atoms with Gasteiger partial charge in [-0.3, -0.25) is 4.79 Å². The van der Waals surface area contributed by atoms with Crippen LogP contribution in [0.2, 0.25) is 0 Å². The fourth-order valence-electron chi connectivity index (χ4n) is 2.33. The molecular weight excluding hydrogens is 242 g/mol. The summed E-state index contributed by atoms with van der Waals surface area (Å²) in [6.45, 7) is 0.344. The van der Waals surface area contributed by atoms with Crippen LogP contribution in [0.25, 0.3) is 0 Å². The van der Waals surface area contributed by atoms with Crippen molar-refractivity contribution in [2.75, 3.05) is 0 Å². The molecule has 0 aliphatic carbocycles. The summed E-state index contributed by atoms with van der Waals surface area (Å²) in [7, 11) is 0. The third-order valence-corrected chi connectivity index (χ3v) is 3.34. The van der Waals surface area contributed by atoms with Gasteiger partial charge in [-0.2, -0.15) is 0 Å². The Morgan fingerprint density at radius 1 is 1.37 bits per heavy atom. The molecule has 19 heavy (non-hydrogen) atoms. The zero-order valence-electron chi connectivity index (χ0n) is 10.5. The smallest absolute Gasteiger partial charge is 0.326 e. The number of aliphatic carboxylic acids is 1. The molecule has 1 atom stereocenters. The SMILES string of the molecule is C#CCCC(=O)N1Cc2ccccc2C[C@@H]1C(=O)O. The minimum Gasteiger partial charge on any atom is -0.480 e. The van der Waals surface area contributed by atoms with Gasteiger partial charge in [0.2, 0.25) is 5.91 Å². The van der Waals surface area contributed by atoms with Crippen LogP contribution in [0.15, 0.2) is 24.3 Å². The average molecular weight is 257 g/mol. The van der Waals surface area contributed by atoms with Crippen LogP contribution < -0.4 is 0 Å². The minimum absolute atomic E-state index is 0.195. The lowest BCUT2D eigenvalue weighted by molar-refractivity contribution is -0.151. The molecule has 0 fully saturated rings. The maximum absolute atomic E-state index is 12.0. The van der Waals surface area contributed by atoms with Crippen molar-refractivity contribution in [2.24, 2.45) is 0 Å². The number of rotatable bonds is 3. The number of carboxylic acids is 1. The van der Waals surface area contributed by atoms with E-state index in [0.29, 0.717) is 19.4 Å². The first-order valence-electron chi connectivity index (χ1n) is 6.16. The first-order chi connectivity index (χ1) is 9.13. The van der Waals surface area contributed by atoms with Crippen molar-refractivity contribution in [3.05, 3.63) is 35.4 Å². The van der Waals surface area contributed by atoms with E-state index in [4.69, 9.17) is 6.42 Å². The topological polar surface area (TPSA) is 57.6 Å². The van der Waals surface area contributed by atoms with Crippen molar-refractivity contribution < 1.29 is 14.7 Å². The van der Waals surface area contributed by atoms with Gasteiger partial charge in [-0.05, 0) is 11.1 Å². The van der Waals surface area contributed by atoms with Crippen LogP contribution in [0.1, 0.15) is 24.0 Å². The molecule has 0 saturated heterocycles. The van der Waals surface area contributed by atoms with Gasteiger partial charge in [0.15, 0.2) is 0 Å². The van der Waals surface area contributed by atoms with Crippen LogP contribution in [-0.2, 0) is 22.6 Å². The summed E-state index contributed by atoms with van der Waals surface area (Å²) < 4.78 is 0. The molecule has 2 rings (SSSR count). The number of carboxylic acid groups (broad SMARTS) is 1. The van der Waals surface area contributed by atoms with E-state index >= 15 is 0 Å². The van der Waals surface area contributed by atoms with Crippen molar-refractivity contribution in [3.63, 3.8) is 0 Å². The van der Waals surface area contributed by atoms with Crippen LogP contribution >= 0.6 is 0 Å². The fraction of sp³-hybridized carbons (Fsp3) is 0.333. The van der Waals surface area contributed by atoms with E-state index in [1.165, 1.54) is 4.90 Å². The zero-order chi connectivity index (χ0) is 13.8. The van der Waals surface area contributed by atoms with Crippen LogP contribution in [0.5, 0.6) is 0 Å². The molecule has 0 unspecified atom stereocenters. The monoisotopic (exact) mass is 257 g/mol. The van der Waals surface area contributed by atoms with E-state index in [9.17, 15) is 14.7 Å². The van der Waals surface area contributed by atoms with Gasteiger partial charge in [0.05, 0.1) is 0 Å². The molecule has 1 aromatic carbocycles. The van der Waals surface area contributed by atoms with Crippen molar-refractivity contribution in [1.29, 1.82) is 0 Å². The van der Waals surface area contributed by atoms with Crippen LogP contribution in [0, 0.1) is 12.3 Å². The predicted octanol–water partition coefficient (Wildman–Crippen LogP) is 1.44. The molecule has 4 nitrogen and oxygen atoms in total. The number of terminal acetylenes is 1. The van der Waals surface area contributed by atoms with Crippen molar-refractivity contribution in [1.82, 2.24) is 4.90 Å². The van der Waals surface area contributed by atoms with E-state index in [-0.39, 0.29) is 12.3 Å². The fourth-order valence-corrected chi connectivity index (χ4v) is 2.33. The second-order valence-electron chi connectivity index (χ2n) is 4.55. The summed E-state index contributed by atoms with van der Waals surface area (Å²) in [5.41, 5.74) is 2.00. The maximum Gasteiger partial charge on any atom is 0.326 e. The summed E-state index contributed by atoms with van der Waals surface area (Å²) in [6, 6.07) is 6.82. The number of nitrogens with zero attached hydrogens (tertiary/aromatic N) is 1. The van der Waals surface area contributed by atoms with Crippen LogP contribution in [0.4, 0.5) is 0 Å². The first kappa shape index (κ1) is 13.2. The number of amides is 1. The Kier molecular flexibility index (Phi) is 3.86. The Hall–Kier alpha value is -2.28. The van der Waals surface area contributed by atoms with Gasteiger partial charge in [0.25, 0.3) is 0 Å². The highest BCUT2D eigenvalue weighted by Gasteiger charge is 2.33. The maximum atomic E-state index is 12.0. The Bertz CT molecular complexity index is 545. The molecule has 1 heterocycles. The summed E-state index contributed by atoms with van der Waals surface area (Å²) in [6.07, 6.45) is 6.03. The molecule has 0 bridgehead atoms. The van der Waals surface area contributed by atoms with Crippen molar-refractivity contribution in [3.8, 4) is 12.3 Å². The minimum atomic E-state index is -0.969. The van der Waals surface area contributed by atoms with Crippen molar-refractivity contribution in [2.45, 2.75) is 31.8 Å². The van der Waals surface area contributed by atoms with Gasteiger partial charge >= 0.3 is 5.97 Å². The molecule has 0 aromatic heterocycles. The molecule has 0 spiro atoms. The highest BCUT2D eigenvalue weighted by atomic mass is 16.4. The number of carbonyl (C=O) groups is 2. The second kappa shape index (κ2) is 5.57. The Morgan fingerprint density at radius 2 is 2.05 bits per heavy atom. The summed E-state index contributed by atoms with van der Waals surface area (Å²) in [5.74, 6) is 1.24. The van der Waals surface area contributed by atoms with Gasteiger partial charge in [-0.15, -0.1) is 12.3 Å². The normalized spacial score (nSPS) is 17.4. The van der Waals surface area contributed by atoms with Gasteiger partial charge in [0.1, 0.15) is 6.04 Å². The second-order valence-corrected chi connectivity index (χ2v) is 4.55. The molecule has 1 amide bonds. The molecular formula is C15H15NO3. The van der Waals surface area contributed by atoms with E-state index in [2.05, 4.69) is 5.92 Å². The van der Waals surface area contributed by atoms with E-state index in [1.54, 1.807) is 0 Å². The third kappa shape index (κ3) is 2.76. The highest BCUT2D eigenvalue weighted by Crippen LogP contribution is 2.24. The lowest BCUT2D eigenvalue weighted by atomic mass is 9.93. The Balaban J connectivity index is 2.24. The Labute approximate surface area is 112 Å². The third-order valence-electron chi connectivity index (χ3n) is 3.34. The Morgan fingerprint density at radius 3 is 2.68 bits per heavy atom. The van der Waals surface area contributed by atoms with E-state index in [1.807, 2.05) is 24.3 Å². The van der Waals surface area contributed by atoms with Crippen LogP contribution in [0.3, 0.4) is 0 Å². The van der Waals surface area contributed by atoms with Gasteiger partial charge < -0.3 is 10.0 Å². The summed E-state index contributed by atoms with van der Waals surface area (Å²) in [5, 5.41) is 9.27. The molecule has 0 saturated carbocycles. The number of carbonyl (C=O) groups excluding carboxylic acids is 1. The largest absolute Gasteiger partial charge is 0.480 e. The molecule has 1 aliphatic rings. The molecule has 0 radical (unpaired) electrons. The number of hydrogen-bond donors (Lipinski definition) is 1. The van der Waals surface area contributed by atoms with Crippen molar-refractivity contribution >= 4 is 11.9 Å². The van der Waals surface area contributed by atoms with E-state index in [0.717, 1.165) is 11.1 Å². The predicted molar refractivity (Wildman–Crippen MR) is 70.2 cm³/mol. The lowest BCUT2D eigenvalue weighted by Crippen LogP contribution is -2.48. The standard InChI is InChI=1S/C15H15NO3/c1-2-3-8-14(17)16-10-12-7-5-4-6-11(12)9-13(16)15(18)19/h1,4-7,13H,3,8-10H2,(H,18,19)/t13-/m1/s1. The summed E-state index contributed by atoms with van der Waals surface area (Å²) >= 11 is 0. The molecule has 1 aromatic rings. The van der Waals surface area contributed by atoms with Gasteiger partial charge in [-0.1, -0.05) is 24.3 Å². The van der Waals surface area contributed by atoms with Gasteiger partial charge in [-0.25, -0.2) is 4.79 Å².